The van der Waals surface area contributed by atoms with Crippen LogP contribution in [-0.2, 0) is 22.5 Å². The molecule has 1 heterocycles. The molecule has 2 rings (SSSR count). The highest BCUT2D eigenvalue weighted by Gasteiger charge is 2.44. The smallest absolute Gasteiger partial charge is 0.266 e. The molecule has 6 nitrogen and oxygen atoms in total. The molecule has 0 saturated heterocycles. The zero-order chi connectivity index (χ0) is 19.9. The second-order valence-corrected chi connectivity index (χ2v) is 9.74. The van der Waals surface area contributed by atoms with Crippen LogP contribution in [0.4, 0.5) is 13.2 Å². The van der Waals surface area contributed by atoms with Gasteiger partial charge in [0, 0.05) is 12.5 Å². The van der Waals surface area contributed by atoms with Crippen molar-refractivity contribution in [3.63, 3.8) is 0 Å². The monoisotopic (exact) mass is 395 g/mol. The van der Waals surface area contributed by atoms with E-state index in [2.05, 4.69) is 5.10 Å². The van der Waals surface area contributed by atoms with Gasteiger partial charge >= 0.3 is 6.18 Å². The minimum atomic E-state index is -4.31. The fourth-order valence-electron chi connectivity index (χ4n) is 3.01. The Morgan fingerprint density at radius 1 is 1.19 bits per heavy atom. The Labute approximate surface area is 151 Å². The number of alkyl halides is 3. The van der Waals surface area contributed by atoms with Crippen molar-refractivity contribution in [3.8, 4) is 0 Å². The Balaban J connectivity index is 2.08. The SMILES string of the molecule is Cn1nc(C(C)(C)C)cc1C(=O)NS(=O)(=O)C1CCC(C(F)(F)F)CC1. The highest BCUT2D eigenvalue weighted by Crippen LogP contribution is 2.39. The number of carbonyl (C=O) groups excluding carboxylic acids is 1. The predicted molar refractivity (Wildman–Crippen MR) is 90.1 cm³/mol. The van der Waals surface area contributed by atoms with E-state index >= 15 is 0 Å². The molecular weight excluding hydrogens is 371 g/mol. The van der Waals surface area contributed by atoms with Crippen molar-refractivity contribution in [2.75, 3.05) is 0 Å². The standard InChI is InChI=1S/C16H24F3N3O3S/c1-15(2,3)13-9-12(22(4)20-13)14(23)21-26(24,25)11-7-5-10(6-8-11)16(17,18)19/h9-11H,5-8H2,1-4H3,(H,21,23). The van der Waals surface area contributed by atoms with E-state index in [4.69, 9.17) is 0 Å². The van der Waals surface area contributed by atoms with Gasteiger partial charge in [0.2, 0.25) is 10.0 Å². The molecule has 148 valence electrons. The first-order valence-corrected chi connectivity index (χ1v) is 9.93. The largest absolute Gasteiger partial charge is 0.391 e. The number of sulfonamides is 1. The molecule has 10 heteroatoms. The van der Waals surface area contributed by atoms with Crippen molar-refractivity contribution in [1.29, 1.82) is 0 Å². The molecule has 1 aliphatic carbocycles. The average molecular weight is 395 g/mol. The molecule has 1 saturated carbocycles. The van der Waals surface area contributed by atoms with Crippen LogP contribution in [0.3, 0.4) is 0 Å². The van der Waals surface area contributed by atoms with Crippen LogP contribution in [0.1, 0.15) is 62.6 Å². The van der Waals surface area contributed by atoms with Gasteiger partial charge in [0.1, 0.15) is 5.69 Å². The maximum atomic E-state index is 12.7. The van der Waals surface area contributed by atoms with Crippen LogP contribution in [0.15, 0.2) is 6.07 Å². The molecule has 1 amide bonds. The van der Waals surface area contributed by atoms with Gasteiger partial charge in [-0.1, -0.05) is 20.8 Å². The summed E-state index contributed by atoms with van der Waals surface area (Å²) >= 11 is 0. The summed E-state index contributed by atoms with van der Waals surface area (Å²) in [6, 6.07) is 1.52. The van der Waals surface area contributed by atoms with Gasteiger partial charge in [-0.3, -0.25) is 9.48 Å². The number of nitrogens with one attached hydrogen (secondary N) is 1. The summed E-state index contributed by atoms with van der Waals surface area (Å²) in [7, 11) is -2.52. The Morgan fingerprint density at radius 3 is 2.15 bits per heavy atom. The van der Waals surface area contributed by atoms with Crippen molar-refractivity contribution < 1.29 is 26.4 Å². The maximum absolute atomic E-state index is 12.7. The summed E-state index contributed by atoms with van der Waals surface area (Å²) < 4.78 is 66.2. The number of nitrogens with zero attached hydrogens (tertiary/aromatic N) is 2. The van der Waals surface area contributed by atoms with Crippen LogP contribution in [0.25, 0.3) is 0 Å². The van der Waals surface area contributed by atoms with Gasteiger partial charge in [0.15, 0.2) is 0 Å². The minimum Gasteiger partial charge on any atom is -0.266 e. The van der Waals surface area contributed by atoms with Crippen LogP contribution in [0.5, 0.6) is 0 Å². The normalized spacial score (nSPS) is 22.3. The molecule has 0 aliphatic heterocycles. The first-order valence-electron chi connectivity index (χ1n) is 8.39. The summed E-state index contributed by atoms with van der Waals surface area (Å²) in [5, 5.41) is 3.22. The first kappa shape index (κ1) is 20.7. The van der Waals surface area contributed by atoms with Crippen molar-refractivity contribution in [3.05, 3.63) is 17.5 Å². The van der Waals surface area contributed by atoms with Crippen molar-refractivity contribution in [2.45, 2.75) is 63.3 Å². The second kappa shape index (κ2) is 6.86. The molecule has 0 unspecified atom stereocenters. The Bertz CT molecular complexity index is 771. The Hall–Kier alpha value is -1.58. The Kier molecular flexibility index (Phi) is 5.47. The summed E-state index contributed by atoms with van der Waals surface area (Å²) in [6.07, 6.45) is -5.04. The summed E-state index contributed by atoms with van der Waals surface area (Å²) in [5.74, 6) is -2.30. The Morgan fingerprint density at radius 2 is 1.73 bits per heavy atom. The number of hydrogen-bond acceptors (Lipinski definition) is 4. The molecule has 1 aliphatic rings. The molecule has 1 aromatic heterocycles. The summed E-state index contributed by atoms with van der Waals surface area (Å²) in [5.41, 5.74) is 0.404. The number of carbonyl (C=O) groups is 1. The number of amides is 1. The molecule has 0 spiro atoms. The minimum absolute atomic E-state index is 0.0856. The molecule has 1 fully saturated rings. The topological polar surface area (TPSA) is 81.1 Å². The third-order valence-corrected chi connectivity index (χ3v) is 6.51. The second-order valence-electron chi connectivity index (χ2n) is 7.78. The fourth-order valence-corrected chi connectivity index (χ4v) is 4.43. The lowest BCUT2D eigenvalue weighted by Gasteiger charge is -2.29. The van der Waals surface area contributed by atoms with Crippen LogP contribution in [0.2, 0.25) is 0 Å². The van der Waals surface area contributed by atoms with E-state index in [9.17, 15) is 26.4 Å². The van der Waals surface area contributed by atoms with Gasteiger partial charge in [-0.05, 0) is 31.7 Å². The van der Waals surface area contributed by atoms with Crippen LogP contribution < -0.4 is 4.72 Å². The van der Waals surface area contributed by atoms with Gasteiger partial charge in [-0.25, -0.2) is 13.1 Å². The lowest BCUT2D eigenvalue weighted by Crippen LogP contribution is -2.42. The van der Waals surface area contributed by atoms with Gasteiger partial charge in [-0.15, -0.1) is 0 Å². The molecule has 1 N–H and O–H groups in total. The molecule has 0 bridgehead atoms. The number of rotatable bonds is 3. The van der Waals surface area contributed by atoms with Crippen molar-refractivity contribution in [1.82, 2.24) is 14.5 Å². The number of aromatic nitrogens is 2. The third-order valence-electron chi connectivity index (χ3n) is 4.69. The van der Waals surface area contributed by atoms with E-state index in [0.29, 0.717) is 5.69 Å². The predicted octanol–water partition coefficient (Wildman–Crippen LogP) is 2.90. The van der Waals surface area contributed by atoms with Crippen LogP contribution in [-0.4, -0.2) is 35.5 Å². The summed E-state index contributed by atoms with van der Waals surface area (Å²) in [6.45, 7) is 5.73. The lowest BCUT2D eigenvalue weighted by atomic mass is 9.88. The number of halogens is 3. The van der Waals surface area contributed by atoms with E-state index in [1.54, 1.807) is 0 Å². The van der Waals surface area contributed by atoms with E-state index in [0.717, 1.165) is 0 Å². The van der Waals surface area contributed by atoms with Crippen molar-refractivity contribution >= 4 is 15.9 Å². The highest BCUT2D eigenvalue weighted by molar-refractivity contribution is 7.90. The van der Waals surface area contributed by atoms with E-state index in [1.807, 2.05) is 25.5 Å². The molecular formula is C16H24F3N3O3S. The number of aryl methyl sites for hydroxylation is 1. The molecule has 26 heavy (non-hydrogen) atoms. The fraction of sp³-hybridized carbons (Fsp3) is 0.750. The summed E-state index contributed by atoms with van der Waals surface area (Å²) in [4.78, 5) is 12.4. The van der Waals surface area contributed by atoms with Gasteiger partial charge in [0.05, 0.1) is 16.9 Å². The molecule has 0 radical (unpaired) electrons. The maximum Gasteiger partial charge on any atom is 0.391 e. The average Bonchev–Trinajstić information content (AvgIpc) is 2.88. The van der Waals surface area contributed by atoms with E-state index in [1.165, 1.54) is 17.8 Å². The van der Waals surface area contributed by atoms with Gasteiger partial charge in [0.25, 0.3) is 5.91 Å². The molecule has 1 aromatic rings. The zero-order valence-electron chi connectivity index (χ0n) is 15.2. The van der Waals surface area contributed by atoms with Gasteiger partial charge in [-0.2, -0.15) is 18.3 Å². The van der Waals surface area contributed by atoms with Crippen molar-refractivity contribution in [2.24, 2.45) is 13.0 Å². The zero-order valence-corrected chi connectivity index (χ0v) is 16.0. The number of hydrogen-bond donors (Lipinski definition) is 1. The van der Waals surface area contributed by atoms with Crippen LogP contribution in [0, 0.1) is 5.92 Å². The third kappa shape index (κ3) is 4.57. The van der Waals surface area contributed by atoms with E-state index < -0.39 is 33.3 Å². The lowest BCUT2D eigenvalue weighted by molar-refractivity contribution is -0.181. The quantitative estimate of drug-likeness (QED) is 0.853. The highest BCUT2D eigenvalue weighted by atomic mass is 32.2. The molecule has 0 aromatic carbocycles. The molecule has 0 atom stereocenters. The first-order chi connectivity index (χ1) is 11.7. The van der Waals surface area contributed by atoms with Gasteiger partial charge < -0.3 is 0 Å². The van der Waals surface area contributed by atoms with Crippen LogP contribution >= 0.6 is 0 Å². The van der Waals surface area contributed by atoms with E-state index in [-0.39, 0.29) is 36.8 Å².